The summed E-state index contributed by atoms with van der Waals surface area (Å²) < 4.78 is 0. The summed E-state index contributed by atoms with van der Waals surface area (Å²) in [6.07, 6.45) is 9.30. The van der Waals surface area contributed by atoms with Crippen molar-refractivity contribution in [1.29, 1.82) is 0 Å². The summed E-state index contributed by atoms with van der Waals surface area (Å²) in [4.78, 5) is 2.78. The molecule has 1 aromatic carbocycles. The van der Waals surface area contributed by atoms with Gasteiger partial charge in [-0.3, -0.25) is 4.90 Å². The minimum atomic E-state index is 0.656. The van der Waals surface area contributed by atoms with E-state index in [4.69, 9.17) is 0 Å². The molecule has 0 spiro atoms. The smallest absolute Gasteiger partial charge is 0.0351 e. The molecular formula is C19H30N2. The number of hydrogen-bond acceptors (Lipinski definition) is 2. The molecule has 2 nitrogen and oxygen atoms in total. The lowest BCUT2D eigenvalue weighted by molar-refractivity contribution is 0.161. The molecule has 0 amide bonds. The van der Waals surface area contributed by atoms with Crippen LogP contribution in [0.2, 0.25) is 0 Å². The summed E-state index contributed by atoms with van der Waals surface area (Å²) in [6, 6.07) is 10.5. The van der Waals surface area contributed by atoms with E-state index in [0.29, 0.717) is 6.04 Å². The van der Waals surface area contributed by atoms with Crippen molar-refractivity contribution in [3.05, 3.63) is 35.4 Å². The number of fused-ring (bicyclic) bond motifs is 1. The molecule has 1 aliphatic carbocycles. The Morgan fingerprint density at radius 1 is 1.19 bits per heavy atom. The van der Waals surface area contributed by atoms with Gasteiger partial charge < -0.3 is 5.32 Å². The summed E-state index contributed by atoms with van der Waals surface area (Å²) in [5, 5.41) is 3.68. The van der Waals surface area contributed by atoms with Gasteiger partial charge in [-0.05, 0) is 62.7 Å². The summed E-state index contributed by atoms with van der Waals surface area (Å²) in [7, 11) is 0. The van der Waals surface area contributed by atoms with Crippen LogP contribution in [0.25, 0.3) is 0 Å². The molecule has 1 saturated heterocycles. The molecule has 0 bridgehead atoms. The maximum atomic E-state index is 3.68. The van der Waals surface area contributed by atoms with Gasteiger partial charge >= 0.3 is 0 Å². The number of benzene rings is 1. The van der Waals surface area contributed by atoms with E-state index >= 15 is 0 Å². The van der Waals surface area contributed by atoms with E-state index < -0.39 is 0 Å². The third kappa shape index (κ3) is 3.67. The van der Waals surface area contributed by atoms with Crippen molar-refractivity contribution in [2.24, 2.45) is 0 Å². The average Bonchev–Trinajstić information content (AvgIpc) is 3.04. The fourth-order valence-corrected chi connectivity index (χ4v) is 4.04. The van der Waals surface area contributed by atoms with Gasteiger partial charge in [0.05, 0.1) is 0 Å². The minimum absolute atomic E-state index is 0.656. The van der Waals surface area contributed by atoms with Crippen LogP contribution < -0.4 is 5.32 Å². The van der Waals surface area contributed by atoms with Crippen molar-refractivity contribution in [3.8, 4) is 0 Å². The van der Waals surface area contributed by atoms with Crippen LogP contribution in [-0.2, 0) is 6.42 Å². The fraction of sp³-hybridized carbons (Fsp3) is 0.684. The zero-order valence-corrected chi connectivity index (χ0v) is 13.5. The largest absolute Gasteiger partial charge is 0.313 e. The monoisotopic (exact) mass is 286 g/mol. The molecule has 2 unspecified atom stereocenters. The maximum Gasteiger partial charge on any atom is 0.0351 e. The van der Waals surface area contributed by atoms with Crippen LogP contribution in [0.4, 0.5) is 0 Å². The predicted molar refractivity (Wildman–Crippen MR) is 89.6 cm³/mol. The van der Waals surface area contributed by atoms with Gasteiger partial charge in [-0.1, -0.05) is 37.6 Å². The first-order valence-corrected chi connectivity index (χ1v) is 8.93. The topological polar surface area (TPSA) is 15.3 Å². The Balaban J connectivity index is 1.75. The minimum Gasteiger partial charge on any atom is -0.313 e. The Morgan fingerprint density at radius 3 is 2.90 bits per heavy atom. The number of hydrogen-bond donors (Lipinski definition) is 1. The third-order valence-corrected chi connectivity index (χ3v) is 5.19. The van der Waals surface area contributed by atoms with Crippen LogP contribution in [0.15, 0.2) is 24.3 Å². The Bertz CT molecular complexity index is 437. The highest BCUT2D eigenvalue weighted by Crippen LogP contribution is 2.34. The third-order valence-electron chi connectivity index (χ3n) is 5.19. The lowest BCUT2D eigenvalue weighted by atomic mass is 9.86. The van der Waals surface area contributed by atoms with Crippen LogP contribution >= 0.6 is 0 Å². The zero-order chi connectivity index (χ0) is 14.5. The van der Waals surface area contributed by atoms with Gasteiger partial charge in [-0.15, -0.1) is 0 Å². The second-order valence-electron chi connectivity index (χ2n) is 6.75. The zero-order valence-electron chi connectivity index (χ0n) is 13.5. The highest BCUT2D eigenvalue weighted by Gasteiger charge is 2.27. The maximum absolute atomic E-state index is 3.68. The van der Waals surface area contributed by atoms with Gasteiger partial charge in [0.1, 0.15) is 0 Å². The molecule has 2 atom stereocenters. The van der Waals surface area contributed by atoms with E-state index in [9.17, 15) is 0 Å². The van der Waals surface area contributed by atoms with Crippen molar-refractivity contribution >= 4 is 0 Å². The van der Waals surface area contributed by atoms with Crippen LogP contribution in [0, 0.1) is 0 Å². The Morgan fingerprint density at radius 2 is 2.10 bits per heavy atom. The van der Waals surface area contributed by atoms with Crippen LogP contribution in [0.3, 0.4) is 0 Å². The van der Waals surface area contributed by atoms with Gasteiger partial charge in [0, 0.05) is 18.6 Å². The number of nitrogens with one attached hydrogen (secondary N) is 1. The van der Waals surface area contributed by atoms with Gasteiger partial charge in [0.2, 0.25) is 0 Å². The number of nitrogens with zero attached hydrogens (tertiary/aromatic N) is 1. The standard InChI is InChI=1S/C19H30N2/c1-2-3-14-21(15-17-10-7-13-20-17)19-12-6-9-16-8-4-5-11-18(16)19/h4-5,8,11,17,19-20H,2-3,6-7,9-10,12-15H2,1H3. The SMILES string of the molecule is CCCCN(CC1CCCN1)C1CCCc2ccccc21. The molecule has 1 aliphatic heterocycles. The highest BCUT2D eigenvalue weighted by molar-refractivity contribution is 5.32. The van der Waals surface area contributed by atoms with E-state index in [1.165, 1.54) is 64.6 Å². The Labute approximate surface area is 129 Å². The normalized spacial score (nSPS) is 25.2. The van der Waals surface area contributed by atoms with E-state index in [-0.39, 0.29) is 0 Å². The first-order valence-electron chi connectivity index (χ1n) is 8.93. The van der Waals surface area contributed by atoms with Crippen LogP contribution in [0.1, 0.15) is 62.6 Å². The molecule has 1 N–H and O–H groups in total. The summed E-state index contributed by atoms with van der Waals surface area (Å²) in [5.74, 6) is 0. The van der Waals surface area contributed by atoms with Crippen molar-refractivity contribution in [2.75, 3.05) is 19.6 Å². The molecule has 0 saturated carbocycles. The van der Waals surface area contributed by atoms with E-state index in [0.717, 1.165) is 6.04 Å². The van der Waals surface area contributed by atoms with Crippen molar-refractivity contribution in [1.82, 2.24) is 10.2 Å². The molecule has 0 aromatic heterocycles. The van der Waals surface area contributed by atoms with Gasteiger partial charge in [-0.25, -0.2) is 0 Å². The molecule has 2 heteroatoms. The van der Waals surface area contributed by atoms with Crippen LogP contribution in [-0.4, -0.2) is 30.6 Å². The molecular weight excluding hydrogens is 256 g/mol. The average molecular weight is 286 g/mol. The summed E-state index contributed by atoms with van der Waals surface area (Å²) >= 11 is 0. The number of rotatable bonds is 6. The predicted octanol–water partition coefficient (Wildman–Crippen LogP) is 3.92. The molecule has 21 heavy (non-hydrogen) atoms. The highest BCUT2D eigenvalue weighted by atomic mass is 15.2. The lowest BCUT2D eigenvalue weighted by Crippen LogP contribution is -2.41. The Kier molecular flexibility index (Phi) is 5.32. The fourth-order valence-electron chi connectivity index (χ4n) is 4.04. The molecule has 1 aromatic rings. The van der Waals surface area contributed by atoms with Crippen LogP contribution in [0.5, 0.6) is 0 Å². The second kappa shape index (κ2) is 7.42. The van der Waals surface area contributed by atoms with Gasteiger partial charge in [0.15, 0.2) is 0 Å². The molecule has 2 aliphatic rings. The van der Waals surface area contributed by atoms with Gasteiger partial charge in [0.25, 0.3) is 0 Å². The molecule has 3 rings (SSSR count). The first-order chi connectivity index (χ1) is 10.4. The van der Waals surface area contributed by atoms with E-state index in [1.54, 1.807) is 11.1 Å². The number of aryl methyl sites for hydroxylation is 1. The first kappa shape index (κ1) is 15.1. The molecule has 1 heterocycles. The molecule has 0 radical (unpaired) electrons. The van der Waals surface area contributed by atoms with Crippen molar-refractivity contribution in [3.63, 3.8) is 0 Å². The quantitative estimate of drug-likeness (QED) is 0.852. The second-order valence-corrected chi connectivity index (χ2v) is 6.75. The van der Waals surface area contributed by atoms with E-state index in [1.807, 2.05) is 0 Å². The molecule has 1 fully saturated rings. The van der Waals surface area contributed by atoms with Gasteiger partial charge in [-0.2, -0.15) is 0 Å². The Hall–Kier alpha value is -0.860. The van der Waals surface area contributed by atoms with Crippen molar-refractivity contribution in [2.45, 2.75) is 64.0 Å². The lowest BCUT2D eigenvalue weighted by Gasteiger charge is -2.37. The summed E-state index contributed by atoms with van der Waals surface area (Å²) in [5.41, 5.74) is 3.20. The summed E-state index contributed by atoms with van der Waals surface area (Å²) in [6.45, 7) is 6.01. The van der Waals surface area contributed by atoms with E-state index in [2.05, 4.69) is 41.4 Å². The number of unbranched alkanes of at least 4 members (excludes halogenated alkanes) is 1. The molecule has 116 valence electrons. The van der Waals surface area contributed by atoms with Crippen molar-refractivity contribution < 1.29 is 0 Å².